The first-order valence-electron chi connectivity index (χ1n) is 7.53. The van der Waals surface area contributed by atoms with Gasteiger partial charge in [-0.3, -0.25) is 0 Å². The van der Waals surface area contributed by atoms with Gasteiger partial charge in [-0.05, 0) is 37.2 Å². The minimum atomic E-state index is -0.360. The van der Waals surface area contributed by atoms with Gasteiger partial charge >= 0.3 is 5.97 Å². The minimum Gasteiger partial charge on any atom is -0.465 e. The number of thiophene rings is 1. The Morgan fingerprint density at radius 2 is 2.30 bits per heavy atom. The molecule has 0 aliphatic carbocycles. The van der Waals surface area contributed by atoms with Gasteiger partial charge in [0.15, 0.2) is 0 Å². The van der Waals surface area contributed by atoms with Gasteiger partial charge in [0.25, 0.3) is 0 Å². The number of esters is 1. The van der Waals surface area contributed by atoms with E-state index < -0.39 is 0 Å². The van der Waals surface area contributed by atoms with Crippen molar-refractivity contribution in [2.75, 3.05) is 20.7 Å². The fourth-order valence-electron chi connectivity index (χ4n) is 2.99. The standard InChI is InChI=1S/C17H17N3O2S/c1-20-7-6-10-8-13(23-14(10)9-20)16-18-12-5-3-4-11(15(12)19-16)17(21)22-2/h3-5,8H,6-7,9H2,1-2H3,(H,18,19). The monoisotopic (exact) mass is 327 g/mol. The first-order chi connectivity index (χ1) is 11.2. The largest absolute Gasteiger partial charge is 0.465 e. The molecule has 6 heteroatoms. The van der Waals surface area contributed by atoms with E-state index in [0.29, 0.717) is 11.1 Å². The van der Waals surface area contributed by atoms with E-state index in [1.807, 2.05) is 12.1 Å². The van der Waals surface area contributed by atoms with Crippen LogP contribution in [-0.4, -0.2) is 41.5 Å². The van der Waals surface area contributed by atoms with Crippen LogP contribution >= 0.6 is 11.3 Å². The first kappa shape index (κ1) is 14.4. The molecule has 1 aromatic carbocycles. The third-order valence-corrected chi connectivity index (χ3v) is 5.39. The number of carbonyl (C=O) groups is 1. The maximum absolute atomic E-state index is 11.9. The molecule has 4 rings (SSSR count). The van der Waals surface area contributed by atoms with Gasteiger partial charge in [-0.25, -0.2) is 9.78 Å². The summed E-state index contributed by atoms with van der Waals surface area (Å²) in [6, 6.07) is 7.74. The number of aromatic amines is 1. The lowest BCUT2D eigenvalue weighted by Crippen LogP contribution is -2.24. The van der Waals surface area contributed by atoms with Crippen LogP contribution < -0.4 is 0 Å². The second-order valence-corrected chi connectivity index (χ2v) is 6.96. The summed E-state index contributed by atoms with van der Waals surface area (Å²) in [5.41, 5.74) is 3.43. The van der Waals surface area contributed by atoms with Crippen LogP contribution in [0.3, 0.4) is 0 Å². The lowest BCUT2D eigenvalue weighted by molar-refractivity contribution is 0.0603. The van der Waals surface area contributed by atoms with Crippen LogP contribution in [0.1, 0.15) is 20.8 Å². The molecule has 2 aromatic heterocycles. The van der Waals surface area contributed by atoms with Crippen LogP contribution in [0.25, 0.3) is 21.7 Å². The van der Waals surface area contributed by atoms with Gasteiger partial charge in [0.05, 0.1) is 23.1 Å². The zero-order chi connectivity index (χ0) is 16.0. The van der Waals surface area contributed by atoms with E-state index in [-0.39, 0.29) is 5.97 Å². The molecular formula is C17H17N3O2S. The fourth-order valence-corrected chi connectivity index (χ4v) is 4.22. The first-order valence-corrected chi connectivity index (χ1v) is 8.35. The van der Waals surface area contributed by atoms with Crippen LogP contribution in [-0.2, 0) is 17.7 Å². The van der Waals surface area contributed by atoms with Crippen LogP contribution in [0.4, 0.5) is 0 Å². The summed E-state index contributed by atoms with van der Waals surface area (Å²) in [6.45, 7) is 2.09. The maximum Gasteiger partial charge on any atom is 0.340 e. The Morgan fingerprint density at radius 3 is 3.13 bits per heavy atom. The molecule has 0 unspecified atom stereocenters. The van der Waals surface area contributed by atoms with Crippen LogP contribution in [0.5, 0.6) is 0 Å². The summed E-state index contributed by atoms with van der Waals surface area (Å²) in [5, 5.41) is 0. The average molecular weight is 327 g/mol. The number of hydrogen-bond acceptors (Lipinski definition) is 5. The Labute approximate surface area is 137 Å². The highest BCUT2D eigenvalue weighted by atomic mass is 32.1. The number of carbonyl (C=O) groups excluding carboxylic acids is 1. The number of aromatic nitrogens is 2. The molecule has 0 spiro atoms. The van der Waals surface area contributed by atoms with Gasteiger partial charge in [-0.2, -0.15) is 0 Å². The summed E-state index contributed by atoms with van der Waals surface area (Å²) in [6.07, 6.45) is 1.08. The highest BCUT2D eigenvalue weighted by Gasteiger charge is 2.20. The number of methoxy groups -OCH3 is 1. The van der Waals surface area contributed by atoms with Crippen LogP contribution in [0, 0.1) is 0 Å². The van der Waals surface area contributed by atoms with Crippen molar-refractivity contribution in [3.63, 3.8) is 0 Å². The minimum absolute atomic E-state index is 0.360. The molecule has 1 aliphatic heterocycles. The molecule has 1 N–H and O–H groups in total. The summed E-state index contributed by atoms with van der Waals surface area (Å²) in [4.78, 5) is 24.7. The predicted octanol–water partition coefficient (Wildman–Crippen LogP) is 3.07. The second-order valence-electron chi connectivity index (χ2n) is 5.83. The van der Waals surface area contributed by atoms with Crippen molar-refractivity contribution in [3.8, 4) is 10.7 Å². The number of para-hydroxylation sites is 1. The molecule has 0 atom stereocenters. The van der Waals surface area contributed by atoms with Gasteiger partial charge in [0.1, 0.15) is 11.3 Å². The topological polar surface area (TPSA) is 58.2 Å². The number of likely N-dealkylation sites (N-methyl/N-ethyl adjacent to an activating group) is 1. The number of fused-ring (bicyclic) bond motifs is 2. The van der Waals surface area contributed by atoms with Gasteiger partial charge in [-0.15, -0.1) is 11.3 Å². The lowest BCUT2D eigenvalue weighted by atomic mass is 10.1. The van der Waals surface area contributed by atoms with E-state index in [0.717, 1.165) is 35.7 Å². The molecule has 0 amide bonds. The number of H-pyrrole nitrogens is 1. The zero-order valence-electron chi connectivity index (χ0n) is 13.0. The summed E-state index contributed by atoms with van der Waals surface area (Å²) in [7, 11) is 3.53. The van der Waals surface area contributed by atoms with E-state index in [9.17, 15) is 4.79 Å². The van der Waals surface area contributed by atoms with Gasteiger partial charge < -0.3 is 14.6 Å². The molecule has 1 aliphatic rings. The lowest BCUT2D eigenvalue weighted by Gasteiger charge is -2.21. The normalized spacial score (nSPS) is 14.9. The Hall–Kier alpha value is -2.18. The van der Waals surface area contributed by atoms with Gasteiger partial charge in [-0.1, -0.05) is 6.07 Å². The molecule has 3 heterocycles. The van der Waals surface area contributed by atoms with Crippen molar-refractivity contribution in [1.29, 1.82) is 0 Å². The molecule has 23 heavy (non-hydrogen) atoms. The van der Waals surface area contributed by atoms with Crippen molar-refractivity contribution < 1.29 is 9.53 Å². The SMILES string of the molecule is COC(=O)c1cccc2[nH]c(-c3cc4c(s3)CN(C)CC4)nc12. The van der Waals surface area contributed by atoms with Gasteiger partial charge in [0, 0.05) is 18.0 Å². The van der Waals surface area contributed by atoms with Gasteiger partial charge in [0.2, 0.25) is 0 Å². The predicted molar refractivity (Wildman–Crippen MR) is 90.8 cm³/mol. The zero-order valence-corrected chi connectivity index (χ0v) is 13.9. The molecule has 3 aromatic rings. The number of rotatable bonds is 2. The number of nitrogens with one attached hydrogen (secondary N) is 1. The summed E-state index contributed by atoms with van der Waals surface area (Å²) in [5.74, 6) is 0.458. The number of nitrogens with zero attached hydrogens (tertiary/aromatic N) is 2. The van der Waals surface area contributed by atoms with E-state index in [4.69, 9.17) is 4.74 Å². The smallest absolute Gasteiger partial charge is 0.340 e. The molecule has 5 nitrogen and oxygen atoms in total. The van der Waals surface area contributed by atoms with Crippen molar-refractivity contribution in [2.24, 2.45) is 0 Å². The number of imidazole rings is 1. The van der Waals surface area contributed by atoms with E-state index in [1.165, 1.54) is 17.6 Å². The van der Waals surface area contributed by atoms with E-state index in [2.05, 4.69) is 28.0 Å². The average Bonchev–Trinajstić information content (AvgIpc) is 3.16. The molecule has 0 saturated carbocycles. The Morgan fingerprint density at radius 1 is 1.43 bits per heavy atom. The number of ether oxygens (including phenoxy) is 1. The third-order valence-electron chi connectivity index (χ3n) is 4.22. The molecular weight excluding hydrogens is 310 g/mol. The van der Waals surface area contributed by atoms with E-state index >= 15 is 0 Å². The van der Waals surface area contributed by atoms with Crippen molar-refractivity contribution in [3.05, 3.63) is 40.3 Å². The molecule has 0 fully saturated rings. The fraction of sp³-hybridized carbons (Fsp3) is 0.294. The highest BCUT2D eigenvalue weighted by Crippen LogP contribution is 2.34. The quantitative estimate of drug-likeness (QED) is 0.735. The van der Waals surface area contributed by atoms with Crippen LogP contribution in [0.2, 0.25) is 0 Å². The second kappa shape index (κ2) is 5.47. The Balaban J connectivity index is 1.80. The maximum atomic E-state index is 11.9. The number of hydrogen-bond donors (Lipinski definition) is 1. The van der Waals surface area contributed by atoms with Crippen LogP contribution in [0.15, 0.2) is 24.3 Å². The summed E-state index contributed by atoms with van der Waals surface area (Å²) >= 11 is 1.78. The molecule has 0 bridgehead atoms. The van der Waals surface area contributed by atoms with Crippen molar-refractivity contribution in [2.45, 2.75) is 13.0 Å². The van der Waals surface area contributed by atoms with Crippen molar-refractivity contribution >= 4 is 28.3 Å². The third kappa shape index (κ3) is 2.44. The molecule has 118 valence electrons. The van der Waals surface area contributed by atoms with Crippen molar-refractivity contribution in [1.82, 2.24) is 14.9 Å². The molecule has 0 saturated heterocycles. The highest BCUT2D eigenvalue weighted by molar-refractivity contribution is 7.15. The summed E-state index contributed by atoms with van der Waals surface area (Å²) < 4.78 is 4.84. The number of benzene rings is 1. The Bertz CT molecular complexity index is 897. The van der Waals surface area contributed by atoms with E-state index in [1.54, 1.807) is 17.4 Å². The Kier molecular flexibility index (Phi) is 3.43. The molecule has 0 radical (unpaired) electrons.